The largest absolute Gasteiger partial charge is 0.503 e. The highest BCUT2D eigenvalue weighted by Gasteiger charge is 2.23. The molecule has 0 saturated heterocycles. The standard InChI is InChI=1S/C9H7Cl2NO4/c1-12-9(16)6(13)3-2-4(10)7(14)8(15)5(3)11/h2,14-15H,1H3,(H,12,16). The minimum atomic E-state index is -0.954. The number of halogens is 2. The van der Waals surface area contributed by atoms with Gasteiger partial charge in [0, 0.05) is 7.05 Å². The van der Waals surface area contributed by atoms with Crippen molar-refractivity contribution in [3.63, 3.8) is 0 Å². The Morgan fingerprint density at radius 1 is 1.25 bits per heavy atom. The van der Waals surface area contributed by atoms with Gasteiger partial charge in [0.2, 0.25) is 0 Å². The molecule has 0 atom stereocenters. The number of hydrogen-bond acceptors (Lipinski definition) is 4. The molecule has 0 saturated carbocycles. The first-order valence-corrected chi connectivity index (χ1v) is 4.82. The van der Waals surface area contributed by atoms with Crippen molar-refractivity contribution in [2.45, 2.75) is 0 Å². The third-order valence-electron chi connectivity index (χ3n) is 1.84. The van der Waals surface area contributed by atoms with Crippen LogP contribution < -0.4 is 5.32 Å². The Balaban J connectivity index is 3.36. The van der Waals surface area contributed by atoms with Gasteiger partial charge in [0.25, 0.3) is 11.7 Å². The second-order valence-corrected chi connectivity index (χ2v) is 3.61. The monoisotopic (exact) mass is 263 g/mol. The molecule has 0 unspecified atom stereocenters. The highest BCUT2D eigenvalue weighted by Crippen LogP contribution is 2.41. The maximum absolute atomic E-state index is 11.5. The number of nitrogens with one attached hydrogen (secondary N) is 1. The highest BCUT2D eigenvalue weighted by atomic mass is 35.5. The molecule has 1 rings (SSSR count). The number of rotatable bonds is 2. The number of carbonyl (C=O) groups excluding carboxylic acids is 2. The Hall–Kier alpha value is -1.46. The van der Waals surface area contributed by atoms with Crippen molar-refractivity contribution in [2.24, 2.45) is 0 Å². The lowest BCUT2D eigenvalue weighted by atomic mass is 10.1. The molecule has 1 aromatic carbocycles. The zero-order chi connectivity index (χ0) is 12.5. The van der Waals surface area contributed by atoms with Gasteiger partial charge in [0.05, 0.1) is 15.6 Å². The molecule has 3 N–H and O–H groups in total. The number of phenols is 2. The number of Topliss-reactive ketones (excluding diaryl/α,β-unsaturated/α-hetero) is 1. The van der Waals surface area contributed by atoms with Gasteiger partial charge in [-0.05, 0) is 6.07 Å². The van der Waals surface area contributed by atoms with Crippen molar-refractivity contribution in [1.82, 2.24) is 5.32 Å². The van der Waals surface area contributed by atoms with E-state index in [0.717, 1.165) is 6.07 Å². The molecule has 0 aromatic heterocycles. The van der Waals surface area contributed by atoms with Crippen LogP contribution >= 0.6 is 23.2 Å². The summed E-state index contributed by atoms with van der Waals surface area (Å²) < 4.78 is 0. The van der Waals surface area contributed by atoms with Crippen molar-refractivity contribution >= 4 is 34.9 Å². The van der Waals surface area contributed by atoms with Crippen LogP contribution in [0.4, 0.5) is 0 Å². The molecule has 5 nitrogen and oxygen atoms in total. The first-order chi connectivity index (χ1) is 7.40. The summed E-state index contributed by atoms with van der Waals surface area (Å²) in [6.07, 6.45) is 0. The molecular weight excluding hydrogens is 257 g/mol. The molecule has 0 aliphatic carbocycles. The summed E-state index contributed by atoms with van der Waals surface area (Å²) in [5.74, 6) is -3.23. The summed E-state index contributed by atoms with van der Waals surface area (Å²) in [4.78, 5) is 22.5. The van der Waals surface area contributed by atoms with Crippen LogP contribution in [0.1, 0.15) is 10.4 Å². The zero-order valence-corrected chi connectivity index (χ0v) is 9.56. The number of benzene rings is 1. The maximum atomic E-state index is 11.5. The van der Waals surface area contributed by atoms with Gasteiger partial charge in [0.15, 0.2) is 11.5 Å². The molecular formula is C9H7Cl2NO4. The van der Waals surface area contributed by atoms with Crippen molar-refractivity contribution in [1.29, 1.82) is 0 Å². The minimum absolute atomic E-state index is 0.269. The van der Waals surface area contributed by atoms with Gasteiger partial charge in [-0.2, -0.15) is 0 Å². The van der Waals surface area contributed by atoms with E-state index in [1.54, 1.807) is 0 Å². The van der Waals surface area contributed by atoms with E-state index < -0.39 is 28.2 Å². The summed E-state index contributed by atoms with van der Waals surface area (Å²) in [7, 11) is 1.27. The first-order valence-electron chi connectivity index (χ1n) is 4.06. The normalized spacial score (nSPS) is 9.94. The lowest BCUT2D eigenvalue weighted by Gasteiger charge is -2.07. The van der Waals surface area contributed by atoms with E-state index in [0.29, 0.717) is 0 Å². The average molecular weight is 264 g/mol. The number of likely N-dealkylation sites (N-methyl/N-ethyl adjacent to an activating group) is 1. The molecule has 86 valence electrons. The van der Waals surface area contributed by atoms with Crippen molar-refractivity contribution < 1.29 is 19.8 Å². The lowest BCUT2D eigenvalue weighted by molar-refractivity contribution is -0.116. The fourth-order valence-corrected chi connectivity index (χ4v) is 1.43. The summed E-state index contributed by atoms with van der Waals surface area (Å²) >= 11 is 11.1. The van der Waals surface area contributed by atoms with E-state index in [9.17, 15) is 19.8 Å². The van der Waals surface area contributed by atoms with Crippen LogP contribution in [0.5, 0.6) is 11.5 Å². The molecule has 1 aromatic rings. The van der Waals surface area contributed by atoms with Gasteiger partial charge >= 0.3 is 0 Å². The van der Waals surface area contributed by atoms with Crippen molar-refractivity contribution in [3.05, 3.63) is 21.7 Å². The summed E-state index contributed by atoms with van der Waals surface area (Å²) in [5.41, 5.74) is -0.277. The number of aromatic hydroxyl groups is 2. The first kappa shape index (κ1) is 12.6. The van der Waals surface area contributed by atoms with Gasteiger partial charge in [0.1, 0.15) is 0 Å². The quantitative estimate of drug-likeness (QED) is 0.427. The maximum Gasteiger partial charge on any atom is 0.292 e. The predicted molar refractivity (Wildman–Crippen MR) is 58.2 cm³/mol. The highest BCUT2D eigenvalue weighted by molar-refractivity contribution is 6.48. The molecule has 0 bridgehead atoms. The molecule has 0 aliphatic rings. The van der Waals surface area contributed by atoms with Crippen LogP contribution in [0, 0.1) is 0 Å². The molecule has 0 fully saturated rings. The fraction of sp³-hybridized carbons (Fsp3) is 0.111. The topological polar surface area (TPSA) is 86.6 Å². The fourth-order valence-electron chi connectivity index (χ4n) is 1.00. The molecule has 16 heavy (non-hydrogen) atoms. The van der Waals surface area contributed by atoms with Gasteiger partial charge < -0.3 is 15.5 Å². The van der Waals surface area contributed by atoms with Crippen molar-refractivity contribution in [2.75, 3.05) is 7.05 Å². The minimum Gasteiger partial charge on any atom is -0.503 e. The Morgan fingerprint density at radius 2 is 1.81 bits per heavy atom. The lowest BCUT2D eigenvalue weighted by Crippen LogP contribution is -2.27. The van der Waals surface area contributed by atoms with Crippen molar-refractivity contribution in [3.8, 4) is 11.5 Å². The number of phenolic OH excluding ortho intramolecular Hbond substituents is 2. The molecule has 0 spiro atoms. The molecule has 0 aliphatic heterocycles. The molecule has 0 heterocycles. The number of ketones is 1. The summed E-state index contributed by atoms with van der Waals surface area (Å²) in [5, 5.41) is 20.0. The van der Waals surface area contributed by atoms with Crippen LogP contribution in [0.2, 0.25) is 10.0 Å². The summed E-state index contributed by atoms with van der Waals surface area (Å²) in [6.45, 7) is 0. The third-order valence-corrected chi connectivity index (χ3v) is 2.51. The Labute approximate surface area is 101 Å². The molecule has 1 amide bonds. The second-order valence-electron chi connectivity index (χ2n) is 2.83. The number of carbonyl (C=O) groups is 2. The second kappa shape index (κ2) is 4.59. The third kappa shape index (κ3) is 2.05. The van der Waals surface area contributed by atoms with E-state index in [4.69, 9.17) is 23.2 Å². The van der Waals surface area contributed by atoms with Gasteiger partial charge in [-0.1, -0.05) is 23.2 Å². The summed E-state index contributed by atoms with van der Waals surface area (Å²) in [6, 6.07) is 1.01. The smallest absolute Gasteiger partial charge is 0.292 e. The van der Waals surface area contributed by atoms with E-state index in [1.165, 1.54) is 7.05 Å². The SMILES string of the molecule is CNC(=O)C(=O)c1cc(Cl)c(O)c(O)c1Cl. The van der Waals surface area contributed by atoms with Gasteiger partial charge in [-0.25, -0.2) is 0 Å². The van der Waals surface area contributed by atoms with Gasteiger partial charge in [-0.15, -0.1) is 0 Å². The zero-order valence-electron chi connectivity index (χ0n) is 8.04. The van der Waals surface area contributed by atoms with E-state index in [2.05, 4.69) is 5.32 Å². The van der Waals surface area contributed by atoms with Crippen LogP contribution in [-0.2, 0) is 4.79 Å². The predicted octanol–water partition coefficient (Wildman–Crippen LogP) is 1.33. The van der Waals surface area contributed by atoms with E-state index in [1.807, 2.05) is 0 Å². The van der Waals surface area contributed by atoms with Crippen LogP contribution in [0.25, 0.3) is 0 Å². The number of hydrogen-bond donors (Lipinski definition) is 3. The van der Waals surface area contributed by atoms with Crippen LogP contribution in [0.3, 0.4) is 0 Å². The van der Waals surface area contributed by atoms with Crippen LogP contribution in [0.15, 0.2) is 6.07 Å². The Kier molecular flexibility index (Phi) is 3.62. The Bertz CT molecular complexity index is 473. The molecule has 7 heteroatoms. The van der Waals surface area contributed by atoms with Gasteiger partial charge in [-0.3, -0.25) is 9.59 Å². The number of amides is 1. The molecule has 0 radical (unpaired) electrons. The average Bonchev–Trinajstić information content (AvgIpc) is 2.29. The van der Waals surface area contributed by atoms with E-state index >= 15 is 0 Å². The van der Waals surface area contributed by atoms with Crippen LogP contribution in [-0.4, -0.2) is 29.0 Å². The Morgan fingerprint density at radius 3 is 2.31 bits per heavy atom. The van der Waals surface area contributed by atoms with E-state index in [-0.39, 0.29) is 10.6 Å².